The van der Waals surface area contributed by atoms with Gasteiger partial charge in [0.25, 0.3) is 0 Å². The smallest absolute Gasteiger partial charge is 0.245 e. The SMILES string of the molecule is CCCCN(CC(=O)Nc1cc(C(C)(C)C)nn1-c1cccc(C)c1)C(=O)CC(C)(C)C. The van der Waals surface area contributed by atoms with Crippen LogP contribution in [0.25, 0.3) is 5.69 Å². The molecule has 1 aromatic carbocycles. The van der Waals surface area contributed by atoms with Gasteiger partial charge in [-0.15, -0.1) is 0 Å². The number of nitrogens with one attached hydrogen (secondary N) is 1. The van der Waals surface area contributed by atoms with E-state index in [0.717, 1.165) is 29.8 Å². The molecule has 1 aromatic heterocycles. The van der Waals surface area contributed by atoms with E-state index in [4.69, 9.17) is 5.10 Å². The monoisotopic (exact) mass is 440 g/mol. The number of aryl methyl sites for hydroxylation is 1. The molecule has 2 amide bonds. The van der Waals surface area contributed by atoms with E-state index in [1.54, 1.807) is 9.58 Å². The summed E-state index contributed by atoms with van der Waals surface area (Å²) >= 11 is 0. The van der Waals surface area contributed by atoms with Crippen LogP contribution < -0.4 is 5.32 Å². The van der Waals surface area contributed by atoms with Crippen molar-refractivity contribution >= 4 is 17.6 Å². The summed E-state index contributed by atoms with van der Waals surface area (Å²) < 4.78 is 1.78. The van der Waals surface area contributed by atoms with Gasteiger partial charge in [0.1, 0.15) is 5.82 Å². The van der Waals surface area contributed by atoms with Crippen molar-refractivity contribution in [3.05, 3.63) is 41.6 Å². The Labute approximate surface area is 193 Å². The van der Waals surface area contributed by atoms with Crippen LogP contribution in [0, 0.1) is 12.3 Å². The molecule has 0 saturated heterocycles. The van der Waals surface area contributed by atoms with E-state index >= 15 is 0 Å². The van der Waals surface area contributed by atoms with Crippen molar-refractivity contribution in [1.29, 1.82) is 0 Å². The quantitative estimate of drug-likeness (QED) is 0.591. The topological polar surface area (TPSA) is 67.2 Å². The third-order valence-corrected chi connectivity index (χ3v) is 5.14. The van der Waals surface area contributed by atoms with Crippen LogP contribution in [0.15, 0.2) is 30.3 Å². The number of anilines is 1. The zero-order valence-corrected chi connectivity index (χ0v) is 21.1. The highest BCUT2D eigenvalue weighted by molar-refractivity contribution is 5.94. The maximum atomic E-state index is 13.0. The lowest BCUT2D eigenvalue weighted by atomic mass is 9.91. The summed E-state index contributed by atoms with van der Waals surface area (Å²) in [5, 5.41) is 7.79. The van der Waals surface area contributed by atoms with Crippen LogP contribution in [0.4, 0.5) is 5.82 Å². The average Bonchev–Trinajstić information content (AvgIpc) is 3.07. The second kappa shape index (κ2) is 10.3. The van der Waals surface area contributed by atoms with E-state index in [-0.39, 0.29) is 29.2 Å². The standard InChI is InChI=1S/C26H40N4O2/c1-9-10-14-29(24(32)17-25(3,4)5)18-23(31)27-22-16-21(26(6,7)8)28-30(22)20-13-11-12-19(2)15-20/h11-13,15-16H,9-10,14,17-18H2,1-8H3,(H,27,31). The minimum atomic E-state index is -0.211. The number of carbonyl (C=O) groups is 2. The Morgan fingerprint density at radius 1 is 1.09 bits per heavy atom. The second-order valence-corrected chi connectivity index (χ2v) is 10.9. The fraction of sp³-hybridized carbons (Fsp3) is 0.577. The molecule has 0 spiro atoms. The van der Waals surface area contributed by atoms with Gasteiger partial charge in [0.15, 0.2) is 0 Å². The summed E-state index contributed by atoms with van der Waals surface area (Å²) in [6, 6.07) is 9.94. The van der Waals surface area contributed by atoms with E-state index < -0.39 is 0 Å². The second-order valence-electron chi connectivity index (χ2n) is 10.9. The molecule has 176 valence electrons. The van der Waals surface area contributed by atoms with Crippen LogP contribution in [0.5, 0.6) is 0 Å². The van der Waals surface area contributed by atoms with Gasteiger partial charge in [0.05, 0.1) is 17.9 Å². The van der Waals surface area contributed by atoms with Gasteiger partial charge in [-0.25, -0.2) is 4.68 Å². The molecule has 0 fully saturated rings. The first-order chi connectivity index (χ1) is 14.8. The van der Waals surface area contributed by atoms with E-state index in [1.165, 1.54) is 0 Å². The molecule has 1 heterocycles. The summed E-state index contributed by atoms with van der Waals surface area (Å²) in [5.41, 5.74) is 2.61. The molecule has 0 radical (unpaired) electrons. The van der Waals surface area contributed by atoms with Crippen molar-refractivity contribution in [2.75, 3.05) is 18.4 Å². The molecular weight excluding hydrogens is 400 g/mol. The van der Waals surface area contributed by atoms with Crippen molar-refractivity contribution in [3.8, 4) is 5.69 Å². The molecule has 0 unspecified atom stereocenters. The molecule has 6 heteroatoms. The zero-order chi connectivity index (χ0) is 24.1. The first-order valence-corrected chi connectivity index (χ1v) is 11.6. The highest BCUT2D eigenvalue weighted by Gasteiger charge is 2.25. The van der Waals surface area contributed by atoms with Gasteiger partial charge >= 0.3 is 0 Å². The van der Waals surface area contributed by atoms with Crippen molar-refractivity contribution in [2.24, 2.45) is 5.41 Å². The number of amides is 2. The predicted molar refractivity (Wildman–Crippen MR) is 131 cm³/mol. The number of hydrogen-bond donors (Lipinski definition) is 1. The largest absolute Gasteiger partial charge is 0.333 e. The first-order valence-electron chi connectivity index (χ1n) is 11.6. The molecule has 0 aliphatic rings. The highest BCUT2D eigenvalue weighted by atomic mass is 16.2. The molecule has 0 saturated carbocycles. The summed E-state index contributed by atoms with van der Waals surface area (Å²) in [6.07, 6.45) is 2.26. The van der Waals surface area contributed by atoms with Gasteiger partial charge in [-0.3, -0.25) is 9.59 Å². The lowest BCUT2D eigenvalue weighted by Gasteiger charge is -2.26. The maximum absolute atomic E-state index is 13.0. The van der Waals surface area contributed by atoms with Gasteiger partial charge in [-0.05, 0) is 36.5 Å². The fourth-order valence-corrected chi connectivity index (χ4v) is 3.36. The van der Waals surface area contributed by atoms with Crippen LogP contribution in [-0.4, -0.2) is 39.6 Å². The summed E-state index contributed by atoms with van der Waals surface area (Å²) in [4.78, 5) is 27.5. The van der Waals surface area contributed by atoms with Gasteiger partial charge in [0, 0.05) is 24.4 Å². The van der Waals surface area contributed by atoms with E-state index in [2.05, 4.69) is 33.0 Å². The molecule has 6 nitrogen and oxygen atoms in total. The number of rotatable bonds is 8. The van der Waals surface area contributed by atoms with E-state index in [9.17, 15) is 9.59 Å². The van der Waals surface area contributed by atoms with Gasteiger partial charge in [-0.2, -0.15) is 5.10 Å². The Balaban J connectivity index is 2.28. The number of benzene rings is 1. The molecule has 2 aromatic rings. The molecule has 0 aliphatic carbocycles. The van der Waals surface area contributed by atoms with Crippen LogP contribution in [0.3, 0.4) is 0 Å². The van der Waals surface area contributed by atoms with Crippen LogP contribution in [-0.2, 0) is 15.0 Å². The van der Waals surface area contributed by atoms with E-state index in [1.807, 2.05) is 58.0 Å². The van der Waals surface area contributed by atoms with Crippen molar-refractivity contribution in [2.45, 2.75) is 80.1 Å². The summed E-state index contributed by atoms with van der Waals surface area (Å²) in [7, 11) is 0. The number of carbonyl (C=O) groups excluding carboxylic acids is 2. The minimum absolute atomic E-state index is 0.0173. The maximum Gasteiger partial charge on any atom is 0.245 e. The van der Waals surface area contributed by atoms with Gasteiger partial charge in [0.2, 0.25) is 11.8 Å². The summed E-state index contributed by atoms with van der Waals surface area (Å²) in [6.45, 7) is 17.1. The third-order valence-electron chi connectivity index (χ3n) is 5.14. The molecule has 1 N–H and O–H groups in total. The first kappa shape index (κ1) is 25.6. The highest BCUT2D eigenvalue weighted by Crippen LogP contribution is 2.27. The summed E-state index contributed by atoms with van der Waals surface area (Å²) in [5.74, 6) is 0.422. The number of unbranched alkanes of at least 4 members (excludes halogenated alkanes) is 1. The van der Waals surface area contributed by atoms with Crippen LogP contribution in [0.2, 0.25) is 0 Å². The Hall–Kier alpha value is -2.63. The normalized spacial score (nSPS) is 12.0. The minimum Gasteiger partial charge on any atom is -0.333 e. The number of hydrogen-bond acceptors (Lipinski definition) is 3. The van der Waals surface area contributed by atoms with Crippen molar-refractivity contribution in [1.82, 2.24) is 14.7 Å². The van der Waals surface area contributed by atoms with Gasteiger partial charge < -0.3 is 10.2 Å². The Morgan fingerprint density at radius 2 is 1.78 bits per heavy atom. The average molecular weight is 441 g/mol. The zero-order valence-electron chi connectivity index (χ0n) is 21.1. The Morgan fingerprint density at radius 3 is 2.34 bits per heavy atom. The molecular formula is C26H40N4O2. The fourth-order valence-electron chi connectivity index (χ4n) is 3.36. The lowest BCUT2D eigenvalue weighted by molar-refractivity contribution is -0.136. The third kappa shape index (κ3) is 7.50. The molecule has 0 aliphatic heterocycles. The number of aromatic nitrogens is 2. The molecule has 0 bridgehead atoms. The van der Waals surface area contributed by atoms with Crippen molar-refractivity contribution in [3.63, 3.8) is 0 Å². The Kier molecular flexibility index (Phi) is 8.27. The Bertz CT molecular complexity index is 932. The lowest BCUT2D eigenvalue weighted by Crippen LogP contribution is -2.40. The van der Waals surface area contributed by atoms with Gasteiger partial charge in [-0.1, -0.05) is 67.0 Å². The molecule has 32 heavy (non-hydrogen) atoms. The van der Waals surface area contributed by atoms with Crippen LogP contribution >= 0.6 is 0 Å². The number of nitrogens with zero attached hydrogens (tertiary/aromatic N) is 3. The molecule has 0 atom stereocenters. The van der Waals surface area contributed by atoms with Crippen LogP contribution in [0.1, 0.15) is 79.0 Å². The predicted octanol–water partition coefficient (Wildman–Crippen LogP) is 5.48. The molecule has 2 rings (SSSR count). The van der Waals surface area contributed by atoms with Crippen molar-refractivity contribution < 1.29 is 9.59 Å². The van der Waals surface area contributed by atoms with E-state index in [0.29, 0.717) is 18.8 Å².